The maximum Gasteiger partial charge on any atom is 0.218 e. The molecule has 6 heteroatoms. The van der Waals surface area contributed by atoms with Crippen molar-refractivity contribution in [2.45, 2.75) is 0 Å². The zero-order chi connectivity index (χ0) is 7.84. The molecule has 0 aliphatic carbocycles. The van der Waals surface area contributed by atoms with Crippen LogP contribution >= 0.6 is 31.9 Å². The number of nitrogens with zero attached hydrogens (tertiary/aromatic N) is 4. The van der Waals surface area contributed by atoms with Crippen LogP contribution in [0.25, 0.3) is 5.65 Å². The van der Waals surface area contributed by atoms with Crippen molar-refractivity contribution in [2.75, 3.05) is 0 Å². The van der Waals surface area contributed by atoms with Crippen LogP contribution in [0.4, 0.5) is 0 Å². The van der Waals surface area contributed by atoms with E-state index in [4.69, 9.17) is 0 Å². The van der Waals surface area contributed by atoms with Crippen LogP contribution in [0.1, 0.15) is 0 Å². The van der Waals surface area contributed by atoms with Crippen LogP contribution in [-0.4, -0.2) is 19.6 Å². The van der Waals surface area contributed by atoms with Crippen LogP contribution in [0, 0.1) is 0 Å². The first-order valence-electron chi connectivity index (χ1n) is 2.79. The van der Waals surface area contributed by atoms with Gasteiger partial charge in [0.2, 0.25) is 4.73 Å². The summed E-state index contributed by atoms with van der Waals surface area (Å²) in [5.41, 5.74) is 0.722. The van der Waals surface area contributed by atoms with Gasteiger partial charge in [-0.15, -0.1) is 5.10 Å². The summed E-state index contributed by atoms with van der Waals surface area (Å²) in [6.45, 7) is 0. The Morgan fingerprint density at radius 2 is 2.18 bits per heavy atom. The van der Waals surface area contributed by atoms with Gasteiger partial charge >= 0.3 is 0 Å². The average molecular weight is 278 g/mol. The summed E-state index contributed by atoms with van der Waals surface area (Å²) in [6, 6.07) is 0. The normalized spacial score (nSPS) is 10.7. The third kappa shape index (κ3) is 1.28. The van der Waals surface area contributed by atoms with E-state index in [1.165, 1.54) is 0 Å². The Bertz CT molecular complexity index is 396. The quantitative estimate of drug-likeness (QED) is 0.735. The molecule has 0 saturated carbocycles. The van der Waals surface area contributed by atoms with Crippen LogP contribution < -0.4 is 0 Å². The Balaban J connectivity index is 2.82. The summed E-state index contributed by atoms with van der Waals surface area (Å²) in [5.74, 6) is 0. The van der Waals surface area contributed by atoms with Gasteiger partial charge < -0.3 is 0 Å². The molecule has 56 valence electrons. The maximum atomic E-state index is 4.04. The fourth-order valence-electron chi connectivity index (χ4n) is 0.745. The zero-order valence-electron chi connectivity index (χ0n) is 5.20. The molecule has 2 aromatic rings. The third-order valence-electron chi connectivity index (χ3n) is 1.16. The lowest BCUT2D eigenvalue weighted by atomic mass is 10.7. The maximum absolute atomic E-state index is 4.04. The monoisotopic (exact) mass is 276 g/mol. The number of aromatic nitrogens is 4. The van der Waals surface area contributed by atoms with Gasteiger partial charge in [0.15, 0.2) is 5.65 Å². The van der Waals surface area contributed by atoms with E-state index in [-0.39, 0.29) is 0 Å². The molecule has 11 heavy (non-hydrogen) atoms. The highest BCUT2D eigenvalue weighted by Gasteiger charge is 1.99. The third-order valence-corrected chi connectivity index (χ3v) is 1.91. The minimum Gasteiger partial charge on any atom is -0.244 e. The molecule has 4 nitrogen and oxygen atoms in total. The molecule has 2 aromatic heterocycles. The average Bonchev–Trinajstić information content (AvgIpc) is 2.27. The summed E-state index contributed by atoms with van der Waals surface area (Å²) in [7, 11) is 0. The van der Waals surface area contributed by atoms with Gasteiger partial charge in [-0.2, -0.15) is 4.98 Å². The predicted octanol–water partition coefficient (Wildman–Crippen LogP) is 1.65. The second-order valence-electron chi connectivity index (χ2n) is 1.89. The van der Waals surface area contributed by atoms with Gasteiger partial charge in [0, 0.05) is 0 Å². The number of fused-ring (bicyclic) bond motifs is 1. The predicted molar refractivity (Wildman–Crippen MR) is 46.2 cm³/mol. The van der Waals surface area contributed by atoms with Crippen molar-refractivity contribution in [3.63, 3.8) is 0 Å². The lowest BCUT2D eigenvalue weighted by molar-refractivity contribution is 0.924. The smallest absolute Gasteiger partial charge is 0.218 e. The van der Waals surface area contributed by atoms with Crippen LogP contribution in [0.3, 0.4) is 0 Å². The molecule has 2 rings (SSSR count). The summed E-state index contributed by atoms with van der Waals surface area (Å²) in [6.07, 6.45) is 3.38. The van der Waals surface area contributed by atoms with E-state index < -0.39 is 0 Å². The zero-order valence-corrected chi connectivity index (χ0v) is 8.37. The van der Waals surface area contributed by atoms with Gasteiger partial charge in [-0.25, -0.2) is 9.50 Å². The molecule has 0 atom stereocenters. The fraction of sp³-hybridized carbons (Fsp3) is 0. The lowest BCUT2D eigenvalue weighted by Gasteiger charge is -1.88. The topological polar surface area (TPSA) is 43.1 Å². The van der Waals surface area contributed by atoms with Crippen LogP contribution in [0.15, 0.2) is 21.7 Å². The summed E-state index contributed by atoms with van der Waals surface area (Å²) in [4.78, 5) is 8.03. The number of hydrogen-bond acceptors (Lipinski definition) is 3. The molecule has 0 aliphatic heterocycles. The van der Waals surface area contributed by atoms with E-state index in [0.29, 0.717) is 4.73 Å². The van der Waals surface area contributed by atoms with E-state index in [9.17, 15) is 0 Å². The number of rotatable bonds is 0. The van der Waals surface area contributed by atoms with E-state index in [1.807, 2.05) is 0 Å². The summed E-state index contributed by atoms with van der Waals surface area (Å²) < 4.78 is 2.95. The fourth-order valence-corrected chi connectivity index (χ4v) is 1.39. The summed E-state index contributed by atoms with van der Waals surface area (Å²) >= 11 is 6.39. The second-order valence-corrected chi connectivity index (χ2v) is 3.42. The Morgan fingerprint density at radius 3 is 3.00 bits per heavy atom. The SMILES string of the molecule is Brc1cn2nc(Br)nc2cn1. The van der Waals surface area contributed by atoms with Gasteiger partial charge in [-0.3, -0.25) is 0 Å². The van der Waals surface area contributed by atoms with Gasteiger partial charge in [-0.05, 0) is 31.9 Å². The van der Waals surface area contributed by atoms with E-state index in [2.05, 4.69) is 46.9 Å². The molecule has 2 heterocycles. The van der Waals surface area contributed by atoms with Crippen molar-refractivity contribution < 1.29 is 0 Å². The van der Waals surface area contributed by atoms with Gasteiger partial charge in [0.05, 0.1) is 12.4 Å². The van der Waals surface area contributed by atoms with Crippen molar-refractivity contribution in [3.8, 4) is 0 Å². The Kier molecular flexibility index (Phi) is 1.65. The molecular weight excluding hydrogens is 276 g/mol. The standard InChI is InChI=1S/C5H2Br2N4/c6-3-2-11-4(1-8-3)9-5(7)10-11/h1-2H. The Labute approximate surface area is 78.9 Å². The lowest BCUT2D eigenvalue weighted by Crippen LogP contribution is -1.87. The van der Waals surface area contributed by atoms with Crippen LogP contribution in [0.5, 0.6) is 0 Å². The van der Waals surface area contributed by atoms with Crippen molar-refractivity contribution in [1.82, 2.24) is 19.6 Å². The van der Waals surface area contributed by atoms with Gasteiger partial charge in [-0.1, -0.05) is 0 Å². The molecule has 0 saturated heterocycles. The van der Waals surface area contributed by atoms with Gasteiger partial charge in [0.1, 0.15) is 4.60 Å². The highest BCUT2D eigenvalue weighted by molar-refractivity contribution is 9.10. The Hall–Kier alpha value is -0.490. The van der Waals surface area contributed by atoms with Crippen LogP contribution in [-0.2, 0) is 0 Å². The highest BCUT2D eigenvalue weighted by Crippen LogP contribution is 2.08. The van der Waals surface area contributed by atoms with Crippen molar-refractivity contribution in [2.24, 2.45) is 0 Å². The first-order valence-corrected chi connectivity index (χ1v) is 4.38. The van der Waals surface area contributed by atoms with E-state index in [1.54, 1.807) is 16.9 Å². The van der Waals surface area contributed by atoms with Crippen molar-refractivity contribution in [1.29, 1.82) is 0 Å². The Morgan fingerprint density at radius 1 is 1.36 bits per heavy atom. The largest absolute Gasteiger partial charge is 0.244 e. The molecule has 0 aliphatic rings. The van der Waals surface area contributed by atoms with E-state index >= 15 is 0 Å². The molecule has 0 aromatic carbocycles. The second kappa shape index (κ2) is 2.53. The highest BCUT2D eigenvalue weighted by atomic mass is 79.9. The van der Waals surface area contributed by atoms with Crippen LogP contribution in [0.2, 0.25) is 0 Å². The molecular formula is C5H2Br2N4. The minimum absolute atomic E-state index is 0.567. The number of halogens is 2. The molecule has 0 fully saturated rings. The van der Waals surface area contributed by atoms with Gasteiger partial charge in [0.25, 0.3) is 0 Å². The minimum atomic E-state index is 0.567. The molecule has 0 unspecified atom stereocenters. The molecule has 0 spiro atoms. The first kappa shape index (κ1) is 7.17. The first-order chi connectivity index (χ1) is 5.25. The van der Waals surface area contributed by atoms with Crippen molar-refractivity contribution >= 4 is 37.5 Å². The molecule has 0 radical (unpaired) electrons. The number of hydrogen-bond donors (Lipinski definition) is 0. The van der Waals surface area contributed by atoms with E-state index in [0.717, 1.165) is 10.3 Å². The van der Waals surface area contributed by atoms with Crippen molar-refractivity contribution in [3.05, 3.63) is 21.7 Å². The molecule has 0 amide bonds. The molecule has 0 N–H and O–H groups in total. The molecule has 0 bridgehead atoms. The summed E-state index contributed by atoms with van der Waals surface area (Å²) in [5, 5.41) is 4.03.